The second-order valence-electron chi connectivity index (χ2n) is 3.00. The molecule has 1 atom stereocenters. The number of hydrogen-bond acceptors (Lipinski definition) is 2. The molecule has 1 aromatic carbocycles. The maximum Gasteiger partial charge on any atom is 0.334 e. The third kappa shape index (κ3) is 1.47. The molecule has 0 spiro atoms. The van der Waals surface area contributed by atoms with Crippen LogP contribution in [0.15, 0.2) is 42.0 Å². The average molecular weight is 174 g/mol. The van der Waals surface area contributed by atoms with Gasteiger partial charge in [0.25, 0.3) is 0 Å². The van der Waals surface area contributed by atoms with Crippen molar-refractivity contribution in [2.45, 2.75) is 5.92 Å². The van der Waals surface area contributed by atoms with Crippen LogP contribution in [-0.2, 0) is 9.53 Å². The van der Waals surface area contributed by atoms with Crippen LogP contribution in [0.25, 0.3) is 0 Å². The predicted octanol–water partition coefficient (Wildman–Crippen LogP) is 1.88. The minimum atomic E-state index is -0.214. The molecule has 13 heavy (non-hydrogen) atoms. The van der Waals surface area contributed by atoms with Crippen LogP contribution in [0.1, 0.15) is 11.5 Å². The Hall–Kier alpha value is -1.57. The van der Waals surface area contributed by atoms with Crippen LogP contribution in [0.5, 0.6) is 0 Å². The topological polar surface area (TPSA) is 26.3 Å². The van der Waals surface area contributed by atoms with E-state index < -0.39 is 0 Å². The summed E-state index contributed by atoms with van der Waals surface area (Å²) in [4.78, 5) is 11.1. The number of benzene rings is 1. The highest BCUT2D eigenvalue weighted by molar-refractivity contribution is 5.96. The van der Waals surface area contributed by atoms with Crippen molar-refractivity contribution in [3.8, 4) is 0 Å². The van der Waals surface area contributed by atoms with Crippen LogP contribution in [-0.4, -0.2) is 13.1 Å². The summed E-state index contributed by atoms with van der Waals surface area (Å²) in [6.07, 6.45) is 1.92. The summed E-state index contributed by atoms with van der Waals surface area (Å²) in [6, 6.07) is 9.92. The second-order valence-corrected chi connectivity index (χ2v) is 3.00. The SMILES string of the molecule is COC(=O)C1=CC1c1ccccc1. The molecule has 1 aliphatic carbocycles. The maximum atomic E-state index is 11.1. The van der Waals surface area contributed by atoms with Gasteiger partial charge in [-0.3, -0.25) is 0 Å². The fourth-order valence-electron chi connectivity index (χ4n) is 1.38. The molecule has 0 saturated carbocycles. The van der Waals surface area contributed by atoms with E-state index in [0.29, 0.717) is 0 Å². The van der Waals surface area contributed by atoms with Crippen LogP contribution in [0.2, 0.25) is 0 Å². The summed E-state index contributed by atoms with van der Waals surface area (Å²) >= 11 is 0. The van der Waals surface area contributed by atoms with Crippen LogP contribution in [0.4, 0.5) is 0 Å². The van der Waals surface area contributed by atoms with Gasteiger partial charge in [-0.2, -0.15) is 0 Å². The normalized spacial score (nSPS) is 19.2. The molecule has 66 valence electrons. The predicted molar refractivity (Wildman–Crippen MR) is 49.3 cm³/mol. The first-order chi connectivity index (χ1) is 6.33. The minimum absolute atomic E-state index is 0.189. The molecule has 1 aliphatic rings. The third-order valence-electron chi connectivity index (χ3n) is 2.15. The third-order valence-corrected chi connectivity index (χ3v) is 2.15. The van der Waals surface area contributed by atoms with Crippen molar-refractivity contribution in [2.75, 3.05) is 7.11 Å². The van der Waals surface area contributed by atoms with Gasteiger partial charge in [-0.25, -0.2) is 4.79 Å². The van der Waals surface area contributed by atoms with E-state index in [4.69, 9.17) is 0 Å². The summed E-state index contributed by atoms with van der Waals surface area (Å²) in [7, 11) is 1.41. The van der Waals surface area contributed by atoms with Gasteiger partial charge in [0, 0.05) is 11.5 Å². The van der Waals surface area contributed by atoms with Crippen molar-refractivity contribution in [1.82, 2.24) is 0 Å². The highest BCUT2D eigenvalue weighted by Gasteiger charge is 2.32. The zero-order valence-corrected chi connectivity index (χ0v) is 7.36. The van der Waals surface area contributed by atoms with Crippen molar-refractivity contribution in [3.05, 3.63) is 47.5 Å². The van der Waals surface area contributed by atoms with Crippen LogP contribution in [0, 0.1) is 0 Å². The summed E-state index contributed by atoms with van der Waals surface area (Å²) in [6.45, 7) is 0. The molecule has 0 heterocycles. The lowest BCUT2D eigenvalue weighted by molar-refractivity contribution is -0.135. The van der Waals surface area contributed by atoms with Gasteiger partial charge in [0.1, 0.15) is 0 Å². The molecular weight excluding hydrogens is 164 g/mol. The Morgan fingerprint density at radius 1 is 1.31 bits per heavy atom. The zero-order chi connectivity index (χ0) is 9.26. The quantitative estimate of drug-likeness (QED) is 0.640. The smallest absolute Gasteiger partial charge is 0.334 e. The molecule has 2 rings (SSSR count). The van der Waals surface area contributed by atoms with E-state index >= 15 is 0 Å². The van der Waals surface area contributed by atoms with Crippen molar-refractivity contribution < 1.29 is 9.53 Å². The molecule has 1 unspecified atom stereocenters. The molecule has 0 aliphatic heterocycles. The van der Waals surface area contributed by atoms with Gasteiger partial charge >= 0.3 is 5.97 Å². The van der Waals surface area contributed by atoms with E-state index in [1.165, 1.54) is 7.11 Å². The molecule has 0 aromatic heterocycles. The lowest BCUT2D eigenvalue weighted by atomic mass is 10.1. The number of ether oxygens (including phenoxy) is 1. The van der Waals surface area contributed by atoms with Crippen molar-refractivity contribution in [1.29, 1.82) is 0 Å². The summed E-state index contributed by atoms with van der Waals surface area (Å²) in [5.41, 5.74) is 1.93. The van der Waals surface area contributed by atoms with E-state index in [1.54, 1.807) is 0 Å². The van der Waals surface area contributed by atoms with Gasteiger partial charge in [0.15, 0.2) is 0 Å². The van der Waals surface area contributed by atoms with E-state index in [1.807, 2.05) is 36.4 Å². The standard InChI is InChI=1S/C11H10O2/c1-13-11(12)10-7-9(10)8-5-3-2-4-6-8/h2-7,9H,1H3. The highest BCUT2D eigenvalue weighted by atomic mass is 16.5. The lowest BCUT2D eigenvalue weighted by Gasteiger charge is -1.98. The van der Waals surface area contributed by atoms with Crippen molar-refractivity contribution >= 4 is 5.97 Å². The molecule has 0 saturated heterocycles. The summed E-state index contributed by atoms with van der Waals surface area (Å²) < 4.78 is 4.62. The number of rotatable bonds is 2. The number of carbonyl (C=O) groups excluding carboxylic acids is 1. The van der Waals surface area contributed by atoms with Crippen LogP contribution >= 0.6 is 0 Å². The van der Waals surface area contributed by atoms with E-state index in [9.17, 15) is 4.79 Å². The van der Waals surface area contributed by atoms with Gasteiger partial charge in [-0.15, -0.1) is 0 Å². The molecule has 0 fully saturated rings. The summed E-state index contributed by atoms with van der Waals surface area (Å²) in [5, 5.41) is 0. The molecule has 2 heteroatoms. The molecule has 2 nitrogen and oxygen atoms in total. The second kappa shape index (κ2) is 3.05. The van der Waals surface area contributed by atoms with Gasteiger partial charge in [-0.05, 0) is 5.56 Å². The highest BCUT2D eigenvalue weighted by Crippen LogP contribution is 2.39. The summed E-state index contributed by atoms with van der Waals surface area (Å²) in [5.74, 6) is -0.0255. The van der Waals surface area contributed by atoms with Crippen LogP contribution < -0.4 is 0 Å². The molecule has 0 radical (unpaired) electrons. The van der Waals surface area contributed by atoms with Crippen LogP contribution in [0.3, 0.4) is 0 Å². The Labute approximate surface area is 76.8 Å². The Kier molecular flexibility index (Phi) is 1.89. The van der Waals surface area contributed by atoms with E-state index in [0.717, 1.165) is 11.1 Å². The first kappa shape index (κ1) is 8.05. The fraction of sp³-hybridized carbons (Fsp3) is 0.182. The van der Waals surface area contributed by atoms with Crippen molar-refractivity contribution in [3.63, 3.8) is 0 Å². The van der Waals surface area contributed by atoms with E-state index in [2.05, 4.69) is 4.74 Å². The number of carbonyl (C=O) groups is 1. The largest absolute Gasteiger partial charge is 0.466 e. The minimum Gasteiger partial charge on any atom is -0.466 e. The van der Waals surface area contributed by atoms with Gasteiger partial charge in [0.2, 0.25) is 0 Å². The first-order valence-corrected chi connectivity index (χ1v) is 4.18. The van der Waals surface area contributed by atoms with Crippen molar-refractivity contribution in [2.24, 2.45) is 0 Å². The Morgan fingerprint density at radius 2 is 2.00 bits per heavy atom. The fourth-order valence-corrected chi connectivity index (χ4v) is 1.38. The van der Waals surface area contributed by atoms with Gasteiger partial charge in [0.05, 0.1) is 7.11 Å². The number of allylic oxidation sites excluding steroid dienone is 1. The molecule has 0 amide bonds. The molecular formula is C11H10O2. The maximum absolute atomic E-state index is 11.1. The van der Waals surface area contributed by atoms with E-state index in [-0.39, 0.29) is 11.9 Å². The molecule has 0 N–H and O–H groups in total. The average Bonchev–Trinajstić information content (AvgIpc) is 2.98. The van der Waals surface area contributed by atoms with Gasteiger partial charge < -0.3 is 4.74 Å². The van der Waals surface area contributed by atoms with Gasteiger partial charge in [-0.1, -0.05) is 36.4 Å². The molecule has 0 bridgehead atoms. The first-order valence-electron chi connectivity index (χ1n) is 4.18. The lowest BCUT2D eigenvalue weighted by Crippen LogP contribution is -1.99. The number of esters is 1. The monoisotopic (exact) mass is 174 g/mol. The number of methoxy groups -OCH3 is 1. The Bertz CT molecular complexity index is 352. The number of hydrogen-bond donors (Lipinski definition) is 0. The zero-order valence-electron chi connectivity index (χ0n) is 7.36. The Balaban J connectivity index is 2.07. The molecule has 1 aromatic rings. The Morgan fingerprint density at radius 3 is 2.62 bits per heavy atom.